The van der Waals surface area contributed by atoms with Gasteiger partial charge in [0.05, 0.1) is 19.8 Å². The van der Waals surface area contributed by atoms with E-state index >= 15 is 0 Å². The summed E-state index contributed by atoms with van der Waals surface area (Å²) in [4.78, 5) is 33.7. The summed E-state index contributed by atoms with van der Waals surface area (Å²) in [6.45, 7) is 2.03. The third-order valence-electron chi connectivity index (χ3n) is 5.26. The zero-order valence-corrected chi connectivity index (χ0v) is 22.4. The van der Waals surface area contributed by atoms with Crippen molar-refractivity contribution in [1.29, 1.82) is 0 Å². The molecule has 0 aromatic rings. The topological polar surface area (TPSA) is 149 Å². The maximum Gasteiger partial charge on any atom is 0.472 e. The molecule has 35 heavy (non-hydrogen) atoms. The van der Waals surface area contributed by atoms with Gasteiger partial charge < -0.3 is 24.6 Å². The van der Waals surface area contributed by atoms with E-state index in [9.17, 15) is 24.2 Å². The van der Waals surface area contributed by atoms with Gasteiger partial charge in [0, 0.05) is 12.8 Å². The molecule has 0 saturated heterocycles. The molecule has 208 valence electrons. The summed E-state index contributed by atoms with van der Waals surface area (Å²) in [6, 6.07) is 0. The summed E-state index contributed by atoms with van der Waals surface area (Å²) in [5.41, 5.74) is 0. The lowest BCUT2D eigenvalue weighted by Crippen LogP contribution is -2.29. The molecule has 0 amide bonds. The number of hydrogen-bond donors (Lipinski definition) is 3. The minimum atomic E-state index is -4.57. The van der Waals surface area contributed by atoms with Gasteiger partial charge in [0.25, 0.3) is 0 Å². The summed E-state index contributed by atoms with van der Waals surface area (Å²) < 4.78 is 31.8. The van der Waals surface area contributed by atoms with Crippen molar-refractivity contribution in [3.8, 4) is 0 Å². The van der Waals surface area contributed by atoms with Crippen LogP contribution in [0.3, 0.4) is 0 Å². The number of rotatable bonds is 24. The molecule has 0 aromatic carbocycles. The van der Waals surface area contributed by atoms with E-state index in [2.05, 4.69) is 11.4 Å². The summed E-state index contributed by atoms with van der Waals surface area (Å²) in [5.74, 6) is -0.968. The van der Waals surface area contributed by atoms with Gasteiger partial charge >= 0.3 is 19.8 Å². The van der Waals surface area contributed by atoms with Crippen molar-refractivity contribution in [1.82, 2.24) is 0 Å². The van der Waals surface area contributed by atoms with Crippen LogP contribution in [0.15, 0.2) is 0 Å². The highest BCUT2D eigenvalue weighted by molar-refractivity contribution is 7.47. The smallest absolute Gasteiger partial charge is 0.462 e. The molecule has 0 aliphatic heterocycles. The van der Waals surface area contributed by atoms with E-state index in [1.54, 1.807) is 0 Å². The molecule has 0 saturated carbocycles. The van der Waals surface area contributed by atoms with E-state index in [1.807, 2.05) is 6.92 Å². The minimum absolute atomic E-state index is 0.187. The van der Waals surface area contributed by atoms with Crippen molar-refractivity contribution in [2.75, 3.05) is 26.4 Å². The fraction of sp³-hybridized carbons (Fsp3) is 0.917. The first-order chi connectivity index (χ1) is 16.7. The summed E-state index contributed by atoms with van der Waals surface area (Å²) in [5, 5.41) is 18.0. The first-order valence-corrected chi connectivity index (χ1v) is 14.5. The quantitative estimate of drug-likeness (QED) is 0.0936. The van der Waals surface area contributed by atoms with Crippen molar-refractivity contribution in [3.05, 3.63) is 0 Å². The molecule has 0 rings (SSSR count). The average molecular weight is 527 g/mol. The first kappa shape index (κ1) is 34.0. The van der Waals surface area contributed by atoms with Crippen LogP contribution in [0, 0.1) is 0 Å². The molecular formula is C24H47O10P. The lowest BCUT2D eigenvalue weighted by Gasteiger charge is -2.20. The molecule has 3 N–H and O–H groups in total. The molecule has 3 atom stereocenters. The van der Waals surface area contributed by atoms with Crippen LogP contribution in [0.25, 0.3) is 0 Å². The summed E-state index contributed by atoms with van der Waals surface area (Å²) in [7, 11) is -4.57. The van der Waals surface area contributed by atoms with Gasteiger partial charge in [-0.05, 0) is 12.8 Å². The Balaban J connectivity index is 4.40. The van der Waals surface area contributed by atoms with Crippen LogP contribution in [0.2, 0.25) is 0 Å². The van der Waals surface area contributed by atoms with Crippen LogP contribution in [-0.4, -0.2) is 65.7 Å². The van der Waals surface area contributed by atoms with Crippen LogP contribution >= 0.6 is 7.82 Å². The molecule has 0 aromatic heterocycles. The van der Waals surface area contributed by atoms with E-state index in [1.165, 1.54) is 38.5 Å². The molecule has 0 fully saturated rings. The number of phosphoric acid groups is 1. The number of ether oxygens (including phenoxy) is 2. The molecule has 0 aliphatic rings. The number of unbranched alkanes of at least 4 members (excludes halogenated alkanes) is 10. The SMILES string of the molecule is CCCCCCCCCCCCC(=O)OC(COC(=O)CCCC)COP(=O)(O)OCC(O)CO. The third-order valence-corrected chi connectivity index (χ3v) is 6.21. The van der Waals surface area contributed by atoms with Gasteiger partial charge in [-0.1, -0.05) is 78.1 Å². The van der Waals surface area contributed by atoms with Crippen molar-refractivity contribution in [2.45, 2.75) is 116 Å². The predicted octanol–water partition coefficient (Wildman–Crippen LogP) is 4.43. The summed E-state index contributed by atoms with van der Waals surface area (Å²) in [6.07, 6.45) is 10.8. The molecule has 0 radical (unpaired) electrons. The molecule has 0 bridgehead atoms. The molecule has 3 unspecified atom stereocenters. The number of carbonyl (C=O) groups excluding carboxylic acids is 2. The second kappa shape index (κ2) is 22.2. The van der Waals surface area contributed by atoms with Crippen molar-refractivity contribution in [3.63, 3.8) is 0 Å². The Morgan fingerprint density at radius 3 is 1.83 bits per heavy atom. The number of aliphatic hydroxyl groups is 2. The number of aliphatic hydroxyl groups excluding tert-OH is 2. The van der Waals surface area contributed by atoms with Gasteiger partial charge in [-0.25, -0.2) is 4.57 Å². The average Bonchev–Trinajstić information content (AvgIpc) is 2.84. The second-order valence-corrected chi connectivity index (χ2v) is 10.2. The maximum atomic E-state index is 12.2. The Morgan fingerprint density at radius 2 is 1.26 bits per heavy atom. The van der Waals surface area contributed by atoms with Gasteiger partial charge in [-0.2, -0.15) is 0 Å². The van der Waals surface area contributed by atoms with Crippen LogP contribution in [-0.2, 0) is 32.7 Å². The Bertz CT molecular complexity index is 587. The first-order valence-electron chi connectivity index (χ1n) is 13.0. The Kier molecular flexibility index (Phi) is 21.5. The van der Waals surface area contributed by atoms with Gasteiger partial charge in [0.2, 0.25) is 0 Å². The Hall–Kier alpha value is -1.03. The van der Waals surface area contributed by atoms with E-state index in [4.69, 9.17) is 19.1 Å². The normalized spacial score (nSPS) is 14.8. The second-order valence-electron chi connectivity index (χ2n) is 8.73. The highest BCUT2D eigenvalue weighted by Crippen LogP contribution is 2.43. The highest BCUT2D eigenvalue weighted by Gasteiger charge is 2.27. The van der Waals surface area contributed by atoms with Crippen LogP contribution < -0.4 is 0 Å². The Morgan fingerprint density at radius 1 is 0.743 bits per heavy atom. The van der Waals surface area contributed by atoms with Gasteiger partial charge in [-0.15, -0.1) is 0 Å². The van der Waals surface area contributed by atoms with Crippen LogP contribution in [0.4, 0.5) is 0 Å². The largest absolute Gasteiger partial charge is 0.472 e. The lowest BCUT2D eigenvalue weighted by molar-refractivity contribution is -0.161. The van der Waals surface area contributed by atoms with E-state index in [0.717, 1.165) is 25.7 Å². The standard InChI is InChI=1S/C24H47O10P/c1-3-5-7-8-9-10-11-12-13-14-16-24(28)34-22(19-31-23(27)15-6-4-2)20-33-35(29,30)32-18-21(26)17-25/h21-22,25-26H,3-20H2,1-2H3,(H,29,30). The number of carbonyl (C=O) groups is 2. The lowest BCUT2D eigenvalue weighted by atomic mass is 10.1. The van der Waals surface area contributed by atoms with E-state index in [0.29, 0.717) is 12.8 Å². The van der Waals surface area contributed by atoms with Gasteiger partial charge in [-0.3, -0.25) is 18.6 Å². The fourth-order valence-electron chi connectivity index (χ4n) is 3.14. The van der Waals surface area contributed by atoms with E-state index in [-0.39, 0.29) is 19.4 Å². The predicted molar refractivity (Wildman–Crippen MR) is 132 cm³/mol. The molecule has 0 heterocycles. The highest BCUT2D eigenvalue weighted by atomic mass is 31.2. The zero-order valence-electron chi connectivity index (χ0n) is 21.5. The van der Waals surface area contributed by atoms with Crippen molar-refractivity contribution in [2.24, 2.45) is 0 Å². The molecular weight excluding hydrogens is 479 g/mol. The fourth-order valence-corrected chi connectivity index (χ4v) is 3.93. The third kappa shape index (κ3) is 21.9. The monoisotopic (exact) mass is 526 g/mol. The Labute approximate surface area is 210 Å². The summed E-state index contributed by atoms with van der Waals surface area (Å²) >= 11 is 0. The molecule has 10 nitrogen and oxygen atoms in total. The number of hydrogen-bond acceptors (Lipinski definition) is 9. The molecule has 11 heteroatoms. The molecule has 0 aliphatic carbocycles. The van der Waals surface area contributed by atoms with Crippen molar-refractivity contribution < 1.29 is 47.8 Å². The van der Waals surface area contributed by atoms with Crippen LogP contribution in [0.1, 0.15) is 104 Å². The van der Waals surface area contributed by atoms with Gasteiger partial charge in [0.15, 0.2) is 6.10 Å². The van der Waals surface area contributed by atoms with Crippen LogP contribution in [0.5, 0.6) is 0 Å². The van der Waals surface area contributed by atoms with Gasteiger partial charge in [0.1, 0.15) is 12.7 Å². The number of esters is 2. The minimum Gasteiger partial charge on any atom is -0.462 e. The maximum absolute atomic E-state index is 12.2. The number of phosphoric ester groups is 1. The zero-order chi connectivity index (χ0) is 26.4. The van der Waals surface area contributed by atoms with E-state index < -0.39 is 51.8 Å². The van der Waals surface area contributed by atoms with Crippen molar-refractivity contribution >= 4 is 19.8 Å². The molecule has 0 spiro atoms.